The van der Waals surface area contributed by atoms with Crippen molar-refractivity contribution >= 4 is 15.7 Å². The highest BCUT2D eigenvalue weighted by Gasteiger charge is 2.17. The van der Waals surface area contributed by atoms with E-state index >= 15 is 0 Å². The van der Waals surface area contributed by atoms with E-state index in [2.05, 4.69) is 14.7 Å². The van der Waals surface area contributed by atoms with Crippen molar-refractivity contribution in [3.8, 4) is 5.75 Å². The molecule has 0 unspecified atom stereocenters. The lowest BCUT2D eigenvalue weighted by atomic mass is 10.2. The van der Waals surface area contributed by atoms with Gasteiger partial charge in [-0.1, -0.05) is 17.7 Å². The number of benzene rings is 1. The second kappa shape index (κ2) is 5.23. The fraction of sp³-hybridized carbons (Fsp3) is 0.167. The van der Waals surface area contributed by atoms with Crippen LogP contribution in [0.25, 0.3) is 0 Å². The zero-order valence-corrected chi connectivity index (χ0v) is 11.3. The minimum atomic E-state index is -3.78. The van der Waals surface area contributed by atoms with Gasteiger partial charge in [0.25, 0.3) is 15.2 Å². The first-order valence-corrected chi connectivity index (χ1v) is 6.95. The molecule has 2 aromatic rings. The van der Waals surface area contributed by atoms with E-state index in [0.29, 0.717) is 11.4 Å². The van der Waals surface area contributed by atoms with Crippen molar-refractivity contribution < 1.29 is 13.2 Å². The second-order valence-corrected chi connectivity index (χ2v) is 5.45. The van der Waals surface area contributed by atoms with E-state index in [4.69, 9.17) is 4.74 Å². The maximum Gasteiger partial charge on any atom is 0.297 e. The average molecular weight is 279 g/mol. The van der Waals surface area contributed by atoms with Gasteiger partial charge in [-0.3, -0.25) is 4.72 Å². The molecule has 0 aliphatic carbocycles. The van der Waals surface area contributed by atoms with Crippen LogP contribution in [-0.4, -0.2) is 25.5 Å². The van der Waals surface area contributed by atoms with Crippen LogP contribution in [0.2, 0.25) is 0 Å². The van der Waals surface area contributed by atoms with Crippen molar-refractivity contribution in [2.45, 2.75) is 12.1 Å². The van der Waals surface area contributed by atoms with Crippen molar-refractivity contribution in [3.05, 3.63) is 42.2 Å². The highest BCUT2D eigenvalue weighted by atomic mass is 32.2. The summed E-state index contributed by atoms with van der Waals surface area (Å²) in [5, 5.41) is -0.297. The molecule has 0 amide bonds. The predicted molar refractivity (Wildman–Crippen MR) is 70.6 cm³/mol. The van der Waals surface area contributed by atoms with Gasteiger partial charge in [-0.25, -0.2) is 9.97 Å². The van der Waals surface area contributed by atoms with Gasteiger partial charge in [0.15, 0.2) is 5.75 Å². The van der Waals surface area contributed by atoms with E-state index in [9.17, 15) is 8.42 Å². The molecule has 100 valence electrons. The molecule has 0 bridgehead atoms. The molecule has 6 nitrogen and oxygen atoms in total. The molecule has 0 saturated carbocycles. The van der Waals surface area contributed by atoms with Gasteiger partial charge in [-0.2, -0.15) is 8.42 Å². The number of aromatic nitrogens is 2. The first kappa shape index (κ1) is 13.3. The third-order valence-electron chi connectivity index (χ3n) is 2.38. The standard InChI is InChI=1S/C12H13N3O3S/c1-9-3-5-10(6-4-9)15-19(16,17)12-13-7-11(18-2)8-14-12/h3-8,15H,1-2H3. The number of methoxy groups -OCH3 is 1. The van der Waals surface area contributed by atoms with E-state index in [1.165, 1.54) is 19.5 Å². The Labute approximate surface area is 111 Å². The summed E-state index contributed by atoms with van der Waals surface area (Å²) in [6, 6.07) is 6.98. The van der Waals surface area contributed by atoms with Crippen LogP contribution >= 0.6 is 0 Å². The third kappa shape index (κ3) is 3.19. The Morgan fingerprint density at radius 3 is 2.21 bits per heavy atom. The first-order valence-electron chi connectivity index (χ1n) is 5.47. The van der Waals surface area contributed by atoms with Crippen molar-refractivity contribution in [1.82, 2.24) is 9.97 Å². The Hall–Kier alpha value is -2.15. The number of nitrogens with zero attached hydrogens (tertiary/aromatic N) is 2. The monoisotopic (exact) mass is 279 g/mol. The van der Waals surface area contributed by atoms with Crippen LogP contribution in [0.4, 0.5) is 5.69 Å². The molecule has 0 saturated heterocycles. The Morgan fingerprint density at radius 1 is 1.11 bits per heavy atom. The van der Waals surface area contributed by atoms with Gasteiger partial charge < -0.3 is 4.74 Å². The number of hydrogen-bond donors (Lipinski definition) is 1. The van der Waals surface area contributed by atoms with Gasteiger partial charge in [0, 0.05) is 5.69 Å². The highest BCUT2D eigenvalue weighted by molar-refractivity contribution is 7.92. The van der Waals surface area contributed by atoms with Crippen LogP contribution in [0.15, 0.2) is 41.8 Å². The molecular weight excluding hydrogens is 266 g/mol. The maximum absolute atomic E-state index is 12.0. The van der Waals surface area contributed by atoms with E-state index in [0.717, 1.165) is 5.56 Å². The Morgan fingerprint density at radius 2 is 1.68 bits per heavy atom. The normalized spacial score (nSPS) is 11.1. The number of hydrogen-bond acceptors (Lipinski definition) is 5. The van der Waals surface area contributed by atoms with E-state index in [1.807, 2.05) is 19.1 Å². The largest absolute Gasteiger partial charge is 0.494 e. The van der Waals surface area contributed by atoms with Gasteiger partial charge in [-0.05, 0) is 19.1 Å². The molecule has 1 heterocycles. The maximum atomic E-state index is 12.0. The number of rotatable bonds is 4. The Kier molecular flexibility index (Phi) is 3.66. The molecule has 0 radical (unpaired) electrons. The van der Waals surface area contributed by atoms with Gasteiger partial charge in [0.1, 0.15) is 0 Å². The van der Waals surface area contributed by atoms with Gasteiger partial charge in [0.05, 0.1) is 19.5 Å². The molecule has 1 N–H and O–H groups in total. The molecule has 0 spiro atoms. The number of sulfonamides is 1. The lowest BCUT2D eigenvalue weighted by Gasteiger charge is -2.07. The van der Waals surface area contributed by atoms with Crippen LogP contribution < -0.4 is 9.46 Å². The zero-order valence-electron chi connectivity index (χ0n) is 10.5. The van der Waals surface area contributed by atoms with Crippen LogP contribution in [0.5, 0.6) is 5.75 Å². The summed E-state index contributed by atoms with van der Waals surface area (Å²) >= 11 is 0. The summed E-state index contributed by atoms with van der Waals surface area (Å²) in [7, 11) is -2.32. The molecule has 19 heavy (non-hydrogen) atoms. The molecule has 1 aromatic carbocycles. The summed E-state index contributed by atoms with van der Waals surface area (Å²) in [4.78, 5) is 7.50. The van der Waals surface area contributed by atoms with Crippen LogP contribution in [-0.2, 0) is 10.0 Å². The zero-order chi connectivity index (χ0) is 13.9. The van der Waals surface area contributed by atoms with Crippen LogP contribution in [0, 0.1) is 6.92 Å². The van der Waals surface area contributed by atoms with Crippen molar-refractivity contribution in [2.24, 2.45) is 0 Å². The predicted octanol–water partition coefficient (Wildman–Crippen LogP) is 1.59. The average Bonchev–Trinajstić information content (AvgIpc) is 2.41. The van der Waals surface area contributed by atoms with Crippen molar-refractivity contribution in [1.29, 1.82) is 0 Å². The summed E-state index contributed by atoms with van der Waals surface area (Å²) < 4.78 is 31.3. The van der Waals surface area contributed by atoms with Gasteiger partial charge >= 0.3 is 0 Å². The number of ether oxygens (including phenoxy) is 1. The molecule has 0 aliphatic rings. The molecule has 0 aliphatic heterocycles. The minimum Gasteiger partial charge on any atom is -0.494 e. The Bertz CT molecular complexity index is 652. The van der Waals surface area contributed by atoms with Gasteiger partial charge in [-0.15, -0.1) is 0 Å². The smallest absolute Gasteiger partial charge is 0.297 e. The second-order valence-electron chi connectivity index (χ2n) is 3.88. The van der Waals surface area contributed by atoms with E-state index in [1.54, 1.807) is 12.1 Å². The molecule has 1 aromatic heterocycles. The quantitative estimate of drug-likeness (QED) is 0.860. The van der Waals surface area contributed by atoms with E-state index in [-0.39, 0.29) is 5.16 Å². The fourth-order valence-electron chi connectivity index (χ4n) is 1.37. The number of nitrogens with one attached hydrogen (secondary N) is 1. The molecule has 0 atom stereocenters. The minimum absolute atomic E-state index is 0.297. The molecule has 7 heteroatoms. The lowest BCUT2D eigenvalue weighted by molar-refractivity contribution is 0.409. The number of aryl methyl sites for hydroxylation is 1. The van der Waals surface area contributed by atoms with Crippen LogP contribution in [0.3, 0.4) is 0 Å². The fourth-order valence-corrected chi connectivity index (χ4v) is 2.29. The molecule has 0 fully saturated rings. The Balaban J connectivity index is 2.24. The topological polar surface area (TPSA) is 81.2 Å². The summed E-state index contributed by atoms with van der Waals surface area (Å²) in [5.41, 5.74) is 1.51. The third-order valence-corrected chi connectivity index (χ3v) is 3.58. The summed E-state index contributed by atoms with van der Waals surface area (Å²) in [5.74, 6) is 0.397. The highest BCUT2D eigenvalue weighted by Crippen LogP contribution is 2.14. The van der Waals surface area contributed by atoms with E-state index < -0.39 is 10.0 Å². The first-order chi connectivity index (χ1) is 9.01. The van der Waals surface area contributed by atoms with Gasteiger partial charge in [0.2, 0.25) is 0 Å². The molecule has 2 rings (SSSR count). The summed E-state index contributed by atoms with van der Waals surface area (Å²) in [6.07, 6.45) is 2.60. The van der Waals surface area contributed by atoms with Crippen molar-refractivity contribution in [3.63, 3.8) is 0 Å². The summed E-state index contributed by atoms with van der Waals surface area (Å²) in [6.45, 7) is 1.92. The number of anilines is 1. The van der Waals surface area contributed by atoms with Crippen molar-refractivity contribution in [2.75, 3.05) is 11.8 Å². The van der Waals surface area contributed by atoms with Crippen LogP contribution in [0.1, 0.15) is 5.56 Å². The molecular formula is C12H13N3O3S. The lowest BCUT2D eigenvalue weighted by Crippen LogP contribution is -2.16. The SMILES string of the molecule is COc1cnc(S(=O)(=O)Nc2ccc(C)cc2)nc1.